The summed E-state index contributed by atoms with van der Waals surface area (Å²) < 4.78 is 17.5. The molecule has 20 heavy (non-hydrogen) atoms. The van der Waals surface area contributed by atoms with Crippen molar-refractivity contribution >= 4 is 29.2 Å². The van der Waals surface area contributed by atoms with Crippen LogP contribution in [0.3, 0.4) is 0 Å². The SMILES string of the molecule is C/C=C/C=C/C(=O)OCC(=O)Nc1ccc(F)cc1Cl. The van der Waals surface area contributed by atoms with Gasteiger partial charge in [0.25, 0.3) is 5.91 Å². The highest BCUT2D eigenvalue weighted by atomic mass is 35.5. The van der Waals surface area contributed by atoms with E-state index in [0.717, 1.165) is 12.1 Å². The van der Waals surface area contributed by atoms with Gasteiger partial charge in [-0.1, -0.05) is 29.8 Å². The molecule has 1 aromatic carbocycles. The molecule has 0 atom stereocenters. The van der Waals surface area contributed by atoms with Gasteiger partial charge < -0.3 is 10.1 Å². The average Bonchev–Trinajstić information content (AvgIpc) is 2.40. The fourth-order valence-electron chi connectivity index (χ4n) is 1.21. The summed E-state index contributed by atoms with van der Waals surface area (Å²) in [4.78, 5) is 22.7. The van der Waals surface area contributed by atoms with Crippen LogP contribution < -0.4 is 5.32 Å². The molecule has 0 bridgehead atoms. The number of carbonyl (C=O) groups is 2. The molecule has 1 amide bonds. The highest BCUT2D eigenvalue weighted by molar-refractivity contribution is 6.33. The van der Waals surface area contributed by atoms with E-state index in [-0.39, 0.29) is 10.7 Å². The summed E-state index contributed by atoms with van der Waals surface area (Å²) in [5, 5.41) is 2.47. The van der Waals surface area contributed by atoms with Gasteiger partial charge in [-0.25, -0.2) is 9.18 Å². The van der Waals surface area contributed by atoms with Crippen LogP contribution in [0.5, 0.6) is 0 Å². The van der Waals surface area contributed by atoms with E-state index in [2.05, 4.69) is 5.32 Å². The smallest absolute Gasteiger partial charge is 0.331 e. The minimum absolute atomic E-state index is 0.0673. The summed E-state index contributed by atoms with van der Waals surface area (Å²) >= 11 is 5.74. The summed E-state index contributed by atoms with van der Waals surface area (Å²) in [6, 6.07) is 3.56. The van der Waals surface area contributed by atoms with E-state index in [9.17, 15) is 14.0 Å². The summed E-state index contributed by atoms with van der Waals surface area (Å²) in [5.41, 5.74) is 0.249. The maximum atomic E-state index is 12.8. The summed E-state index contributed by atoms with van der Waals surface area (Å²) in [7, 11) is 0. The third-order valence-corrected chi connectivity index (χ3v) is 2.40. The Balaban J connectivity index is 2.46. The molecule has 0 aliphatic rings. The maximum Gasteiger partial charge on any atom is 0.331 e. The van der Waals surface area contributed by atoms with Gasteiger partial charge in [-0.2, -0.15) is 0 Å². The molecule has 0 saturated carbocycles. The number of anilines is 1. The molecule has 0 fully saturated rings. The van der Waals surface area contributed by atoms with E-state index in [1.54, 1.807) is 19.1 Å². The zero-order valence-corrected chi connectivity index (χ0v) is 11.5. The van der Waals surface area contributed by atoms with Crippen LogP contribution in [0.1, 0.15) is 6.92 Å². The number of hydrogen-bond acceptors (Lipinski definition) is 3. The number of hydrogen-bond donors (Lipinski definition) is 1. The Morgan fingerprint density at radius 1 is 1.40 bits per heavy atom. The topological polar surface area (TPSA) is 55.4 Å². The molecule has 0 heterocycles. The third-order valence-electron chi connectivity index (χ3n) is 2.09. The van der Waals surface area contributed by atoms with E-state index in [1.807, 2.05) is 0 Å². The van der Waals surface area contributed by atoms with Crippen LogP contribution in [0.15, 0.2) is 42.5 Å². The van der Waals surface area contributed by atoms with E-state index in [1.165, 1.54) is 18.2 Å². The number of ether oxygens (including phenoxy) is 1. The number of esters is 1. The van der Waals surface area contributed by atoms with Crippen molar-refractivity contribution in [1.29, 1.82) is 0 Å². The van der Waals surface area contributed by atoms with Crippen molar-refractivity contribution in [3.63, 3.8) is 0 Å². The largest absolute Gasteiger partial charge is 0.452 e. The Morgan fingerprint density at radius 2 is 2.15 bits per heavy atom. The van der Waals surface area contributed by atoms with Crippen LogP contribution in [-0.2, 0) is 14.3 Å². The predicted octanol–water partition coefficient (Wildman–Crippen LogP) is 3.09. The van der Waals surface area contributed by atoms with E-state index in [0.29, 0.717) is 0 Å². The molecule has 0 unspecified atom stereocenters. The van der Waals surface area contributed by atoms with Gasteiger partial charge in [-0.3, -0.25) is 4.79 Å². The van der Waals surface area contributed by atoms with Crippen LogP contribution in [-0.4, -0.2) is 18.5 Å². The van der Waals surface area contributed by atoms with Gasteiger partial charge in [0.1, 0.15) is 5.82 Å². The second-order valence-corrected chi connectivity index (χ2v) is 4.07. The highest BCUT2D eigenvalue weighted by Crippen LogP contribution is 2.22. The molecule has 0 aliphatic heterocycles. The second kappa shape index (κ2) is 8.12. The first kappa shape index (κ1) is 15.9. The Bertz CT molecular complexity index is 555. The van der Waals surface area contributed by atoms with Crippen molar-refractivity contribution in [2.75, 3.05) is 11.9 Å². The molecule has 106 valence electrons. The average molecular weight is 298 g/mol. The Labute approximate surface area is 120 Å². The van der Waals surface area contributed by atoms with Crippen LogP contribution in [0.2, 0.25) is 5.02 Å². The highest BCUT2D eigenvalue weighted by Gasteiger charge is 2.08. The first-order valence-corrected chi connectivity index (χ1v) is 6.11. The van der Waals surface area contributed by atoms with Crippen LogP contribution in [0.25, 0.3) is 0 Å². The van der Waals surface area contributed by atoms with Crippen molar-refractivity contribution in [2.24, 2.45) is 0 Å². The Morgan fingerprint density at radius 3 is 2.80 bits per heavy atom. The van der Waals surface area contributed by atoms with Gasteiger partial charge in [-0.05, 0) is 25.1 Å². The normalized spacial score (nSPS) is 10.9. The minimum atomic E-state index is -0.636. The second-order valence-electron chi connectivity index (χ2n) is 3.66. The molecule has 1 aromatic rings. The van der Waals surface area contributed by atoms with Gasteiger partial charge in [-0.15, -0.1) is 0 Å². The molecule has 6 heteroatoms. The Hall–Kier alpha value is -2.14. The van der Waals surface area contributed by atoms with Crippen molar-refractivity contribution in [3.05, 3.63) is 53.3 Å². The van der Waals surface area contributed by atoms with Gasteiger partial charge in [0.2, 0.25) is 0 Å². The number of amides is 1. The van der Waals surface area contributed by atoms with Gasteiger partial charge in [0, 0.05) is 6.08 Å². The summed E-state index contributed by atoms with van der Waals surface area (Å²) in [6.45, 7) is 1.35. The number of rotatable bonds is 5. The predicted molar refractivity (Wildman–Crippen MR) is 75.0 cm³/mol. The molecule has 0 saturated heterocycles. The number of allylic oxidation sites excluding steroid dienone is 3. The lowest BCUT2D eigenvalue weighted by Gasteiger charge is -2.07. The lowest BCUT2D eigenvalue weighted by molar-refractivity contribution is -0.142. The standard InChI is InChI=1S/C14H13ClFNO3/c1-2-3-4-5-14(19)20-9-13(18)17-12-7-6-10(16)8-11(12)15/h2-8H,9H2,1H3,(H,17,18)/b3-2+,5-4+. The minimum Gasteiger partial charge on any atom is -0.452 e. The zero-order chi connectivity index (χ0) is 15.0. The van der Waals surface area contributed by atoms with Crippen LogP contribution in [0, 0.1) is 5.82 Å². The molecular weight excluding hydrogens is 285 g/mol. The molecule has 0 spiro atoms. The van der Waals surface area contributed by atoms with Crippen LogP contribution >= 0.6 is 11.6 Å². The molecule has 0 radical (unpaired) electrons. The lowest BCUT2D eigenvalue weighted by atomic mass is 10.3. The maximum absolute atomic E-state index is 12.8. The van der Waals surface area contributed by atoms with Crippen molar-refractivity contribution in [1.82, 2.24) is 0 Å². The first-order chi connectivity index (χ1) is 9.52. The lowest BCUT2D eigenvalue weighted by Crippen LogP contribution is -2.20. The summed E-state index contributed by atoms with van der Waals surface area (Å²) in [6.07, 6.45) is 6.09. The number of nitrogens with one attached hydrogen (secondary N) is 1. The van der Waals surface area contributed by atoms with Gasteiger partial charge in [0.15, 0.2) is 6.61 Å². The Kier molecular flexibility index (Phi) is 6.46. The first-order valence-electron chi connectivity index (χ1n) is 5.74. The van der Waals surface area contributed by atoms with E-state index >= 15 is 0 Å². The quantitative estimate of drug-likeness (QED) is 0.516. The van der Waals surface area contributed by atoms with Crippen LogP contribution in [0.4, 0.5) is 10.1 Å². The molecule has 4 nitrogen and oxygen atoms in total. The van der Waals surface area contributed by atoms with E-state index < -0.39 is 24.3 Å². The monoisotopic (exact) mass is 297 g/mol. The molecular formula is C14H13ClFNO3. The third kappa shape index (κ3) is 5.67. The molecule has 1 rings (SSSR count). The summed E-state index contributed by atoms with van der Waals surface area (Å²) in [5.74, 6) is -1.71. The number of carbonyl (C=O) groups excluding carboxylic acids is 2. The van der Waals surface area contributed by atoms with Crippen molar-refractivity contribution in [2.45, 2.75) is 6.92 Å². The molecule has 1 N–H and O–H groups in total. The number of benzene rings is 1. The van der Waals surface area contributed by atoms with Gasteiger partial charge >= 0.3 is 5.97 Å². The fraction of sp³-hybridized carbons (Fsp3) is 0.143. The zero-order valence-electron chi connectivity index (χ0n) is 10.7. The molecule has 0 aromatic heterocycles. The van der Waals surface area contributed by atoms with Crippen molar-refractivity contribution in [3.8, 4) is 0 Å². The van der Waals surface area contributed by atoms with Crippen molar-refractivity contribution < 1.29 is 18.7 Å². The molecule has 0 aliphatic carbocycles. The number of halogens is 2. The van der Waals surface area contributed by atoms with E-state index in [4.69, 9.17) is 16.3 Å². The van der Waals surface area contributed by atoms with Gasteiger partial charge in [0.05, 0.1) is 10.7 Å². The fourth-order valence-corrected chi connectivity index (χ4v) is 1.42.